The molecule has 2 rings (SSSR count). The van der Waals surface area contributed by atoms with Gasteiger partial charge in [0.25, 0.3) is 0 Å². The van der Waals surface area contributed by atoms with Crippen molar-refractivity contribution in [2.45, 2.75) is 19.3 Å². The molecule has 0 saturated carbocycles. The fourth-order valence-electron chi connectivity index (χ4n) is 2.26. The van der Waals surface area contributed by atoms with Gasteiger partial charge in [-0.2, -0.15) is 0 Å². The highest BCUT2D eigenvalue weighted by Crippen LogP contribution is 2.13. The number of guanidine groups is 1. The van der Waals surface area contributed by atoms with Crippen molar-refractivity contribution in [3.63, 3.8) is 0 Å². The van der Waals surface area contributed by atoms with Crippen molar-refractivity contribution in [2.75, 3.05) is 26.7 Å². The molecule has 3 N–H and O–H groups in total. The Morgan fingerprint density at radius 1 is 1.30 bits per heavy atom. The van der Waals surface area contributed by atoms with Crippen LogP contribution in [0.4, 0.5) is 0 Å². The van der Waals surface area contributed by atoms with E-state index >= 15 is 0 Å². The van der Waals surface area contributed by atoms with Crippen LogP contribution in [0.3, 0.4) is 0 Å². The fourth-order valence-corrected chi connectivity index (χ4v) is 3.04. The van der Waals surface area contributed by atoms with Crippen LogP contribution in [0.15, 0.2) is 41.5 Å². The fraction of sp³-hybridized carbons (Fsp3) is 0.412. The summed E-state index contributed by atoms with van der Waals surface area (Å²) in [5.74, 6) is 0.795. The molecule has 1 aromatic carbocycles. The number of thiazole rings is 1. The van der Waals surface area contributed by atoms with Crippen molar-refractivity contribution in [3.05, 3.63) is 52.0 Å². The third-order valence-corrected chi connectivity index (χ3v) is 4.50. The van der Waals surface area contributed by atoms with Gasteiger partial charge in [0.05, 0.1) is 11.6 Å². The lowest BCUT2D eigenvalue weighted by atomic mass is 10.0. The second kappa shape index (κ2) is 9.27. The van der Waals surface area contributed by atoms with E-state index < -0.39 is 0 Å². The Morgan fingerprint density at radius 2 is 2.09 bits per heavy atom. The van der Waals surface area contributed by atoms with Gasteiger partial charge in [0.15, 0.2) is 5.96 Å². The van der Waals surface area contributed by atoms with Gasteiger partial charge in [0.1, 0.15) is 0 Å². The number of nitrogens with one attached hydrogen (secondary N) is 2. The van der Waals surface area contributed by atoms with Gasteiger partial charge < -0.3 is 15.7 Å². The predicted molar refractivity (Wildman–Crippen MR) is 96.2 cm³/mol. The highest BCUT2D eigenvalue weighted by Gasteiger charge is 2.10. The molecule has 1 unspecified atom stereocenters. The molecule has 0 radical (unpaired) electrons. The number of rotatable bonds is 7. The summed E-state index contributed by atoms with van der Waals surface area (Å²) in [6.07, 6.45) is 2.78. The van der Waals surface area contributed by atoms with E-state index in [2.05, 4.69) is 27.5 Å². The smallest absolute Gasteiger partial charge is 0.191 e. The van der Waals surface area contributed by atoms with Crippen molar-refractivity contribution in [2.24, 2.45) is 4.99 Å². The van der Waals surface area contributed by atoms with E-state index in [1.54, 1.807) is 18.4 Å². The summed E-state index contributed by atoms with van der Waals surface area (Å²) in [5, 5.41) is 17.3. The first kappa shape index (κ1) is 17.4. The molecule has 5 nitrogen and oxygen atoms in total. The Balaban J connectivity index is 1.78. The number of aliphatic hydroxyl groups is 1. The molecule has 0 amide bonds. The number of aromatic nitrogens is 1. The zero-order chi connectivity index (χ0) is 16.5. The summed E-state index contributed by atoms with van der Waals surface area (Å²) >= 11 is 1.72. The maximum atomic E-state index is 9.58. The molecular weight excluding hydrogens is 308 g/mol. The molecule has 23 heavy (non-hydrogen) atoms. The van der Waals surface area contributed by atoms with Crippen molar-refractivity contribution >= 4 is 17.3 Å². The summed E-state index contributed by atoms with van der Waals surface area (Å²) in [6, 6.07) is 10.0. The second-order valence-electron chi connectivity index (χ2n) is 5.28. The molecule has 0 fully saturated rings. The van der Waals surface area contributed by atoms with Gasteiger partial charge in [-0.1, -0.05) is 30.3 Å². The van der Waals surface area contributed by atoms with E-state index in [9.17, 15) is 5.11 Å². The standard InChI is InChI=1S/C17H24N4OS/c1-13-10-20-16(23-13)8-9-19-17(18-2)21-11-15(12-22)14-6-4-3-5-7-14/h3-7,10,15,22H,8-9,11-12H2,1-2H3,(H2,18,19,21). The summed E-state index contributed by atoms with van der Waals surface area (Å²) < 4.78 is 0. The molecule has 6 heteroatoms. The summed E-state index contributed by atoms with van der Waals surface area (Å²) in [6.45, 7) is 3.58. The lowest BCUT2D eigenvalue weighted by Crippen LogP contribution is -2.40. The van der Waals surface area contributed by atoms with Crippen LogP contribution in [0.25, 0.3) is 0 Å². The van der Waals surface area contributed by atoms with Crippen LogP contribution in [0, 0.1) is 6.92 Å². The van der Waals surface area contributed by atoms with Crippen LogP contribution in [0.2, 0.25) is 0 Å². The largest absolute Gasteiger partial charge is 0.396 e. The molecule has 1 atom stereocenters. The summed E-state index contributed by atoms with van der Waals surface area (Å²) in [7, 11) is 1.75. The van der Waals surface area contributed by atoms with Crippen LogP contribution in [-0.4, -0.2) is 42.8 Å². The van der Waals surface area contributed by atoms with E-state index in [0.29, 0.717) is 6.54 Å². The average molecular weight is 332 g/mol. The number of hydrogen-bond acceptors (Lipinski definition) is 4. The predicted octanol–water partition coefficient (Wildman–Crippen LogP) is 1.94. The zero-order valence-corrected chi connectivity index (χ0v) is 14.4. The summed E-state index contributed by atoms with van der Waals surface area (Å²) in [5.41, 5.74) is 1.12. The quantitative estimate of drug-likeness (QED) is 0.535. The van der Waals surface area contributed by atoms with E-state index in [-0.39, 0.29) is 12.5 Å². The monoisotopic (exact) mass is 332 g/mol. The molecule has 0 bridgehead atoms. The van der Waals surface area contributed by atoms with Crippen LogP contribution >= 0.6 is 11.3 Å². The minimum atomic E-state index is 0.0522. The zero-order valence-electron chi connectivity index (χ0n) is 13.6. The molecule has 1 heterocycles. The molecule has 2 aromatic rings. The topological polar surface area (TPSA) is 69.5 Å². The maximum Gasteiger partial charge on any atom is 0.191 e. The van der Waals surface area contributed by atoms with Gasteiger partial charge in [-0.25, -0.2) is 4.98 Å². The molecule has 0 aliphatic carbocycles. The Labute approximate surface area is 141 Å². The molecule has 124 valence electrons. The first-order chi connectivity index (χ1) is 11.2. The number of benzene rings is 1. The van der Waals surface area contributed by atoms with Crippen LogP contribution < -0.4 is 10.6 Å². The summed E-state index contributed by atoms with van der Waals surface area (Å²) in [4.78, 5) is 9.80. The number of aliphatic imine (C=N–C) groups is 1. The van der Waals surface area contributed by atoms with Gasteiger partial charge in [0.2, 0.25) is 0 Å². The van der Waals surface area contributed by atoms with Gasteiger partial charge in [-0.05, 0) is 12.5 Å². The van der Waals surface area contributed by atoms with E-state index in [4.69, 9.17) is 0 Å². The molecule has 0 spiro atoms. The van der Waals surface area contributed by atoms with Crippen molar-refractivity contribution in [1.82, 2.24) is 15.6 Å². The third-order valence-electron chi connectivity index (χ3n) is 3.53. The van der Waals surface area contributed by atoms with E-state index in [0.717, 1.165) is 29.5 Å². The lowest BCUT2D eigenvalue weighted by molar-refractivity contribution is 0.265. The van der Waals surface area contributed by atoms with Crippen molar-refractivity contribution in [1.29, 1.82) is 0 Å². The first-order valence-corrected chi connectivity index (χ1v) is 8.56. The van der Waals surface area contributed by atoms with Gasteiger partial charge >= 0.3 is 0 Å². The normalized spacial score (nSPS) is 12.9. The van der Waals surface area contributed by atoms with E-state index in [1.807, 2.05) is 36.5 Å². The van der Waals surface area contributed by atoms with Gasteiger partial charge in [-0.15, -0.1) is 11.3 Å². The van der Waals surface area contributed by atoms with Crippen LogP contribution in [-0.2, 0) is 6.42 Å². The third kappa shape index (κ3) is 5.65. The molecule has 0 aliphatic rings. The van der Waals surface area contributed by atoms with Crippen LogP contribution in [0.1, 0.15) is 21.4 Å². The average Bonchev–Trinajstić information content (AvgIpc) is 3.00. The second-order valence-corrected chi connectivity index (χ2v) is 6.60. The Morgan fingerprint density at radius 3 is 2.70 bits per heavy atom. The highest BCUT2D eigenvalue weighted by atomic mass is 32.1. The molecule has 0 saturated heterocycles. The highest BCUT2D eigenvalue weighted by molar-refractivity contribution is 7.11. The number of aliphatic hydroxyl groups excluding tert-OH is 1. The minimum Gasteiger partial charge on any atom is -0.396 e. The number of hydrogen-bond donors (Lipinski definition) is 3. The van der Waals surface area contributed by atoms with Crippen molar-refractivity contribution < 1.29 is 5.11 Å². The Bertz CT molecular complexity index is 612. The van der Waals surface area contributed by atoms with Crippen LogP contribution in [0.5, 0.6) is 0 Å². The molecule has 1 aromatic heterocycles. The Hall–Kier alpha value is -1.92. The SMILES string of the molecule is CN=C(NCCc1ncc(C)s1)NCC(CO)c1ccccc1. The van der Waals surface area contributed by atoms with E-state index in [1.165, 1.54) is 4.88 Å². The maximum absolute atomic E-state index is 9.58. The Kier molecular flexibility index (Phi) is 7.03. The van der Waals surface area contributed by atoms with Crippen molar-refractivity contribution in [3.8, 4) is 0 Å². The minimum absolute atomic E-state index is 0.0522. The molecular formula is C17H24N4OS. The van der Waals surface area contributed by atoms with Gasteiger partial charge in [0, 0.05) is 43.5 Å². The molecule has 0 aliphatic heterocycles. The number of nitrogens with zero attached hydrogens (tertiary/aromatic N) is 2. The lowest BCUT2D eigenvalue weighted by Gasteiger charge is -2.18. The number of aryl methyl sites for hydroxylation is 1. The van der Waals surface area contributed by atoms with Gasteiger partial charge in [-0.3, -0.25) is 4.99 Å². The first-order valence-electron chi connectivity index (χ1n) is 7.74.